The summed E-state index contributed by atoms with van der Waals surface area (Å²) in [5.74, 6) is -0.245. The Hall–Kier alpha value is -2.43. The summed E-state index contributed by atoms with van der Waals surface area (Å²) in [6, 6.07) is 10.3. The number of nitro groups is 1. The molecule has 0 heterocycles. The van der Waals surface area contributed by atoms with Crippen LogP contribution in [0, 0.1) is 15.9 Å². The first-order valence-corrected chi connectivity index (χ1v) is 5.81. The Morgan fingerprint density at radius 3 is 2.47 bits per heavy atom. The molecule has 0 aliphatic heterocycles. The van der Waals surface area contributed by atoms with Gasteiger partial charge in [0, 0.05) is 12.1 Å². The van der Waals surface area contributed by atoms with Crippen molar-refractivity contribution in [2.45, 2.75) is 13.3 Å². The molecule has 0 amide bonds. The van der Waals surface area contributed by atoms with Gasteiger partial charge in [-0.25, -0.2) is 4.39 Å². The Morgan fingerprint density at radius 1 is 1.21 bits per heavy atom. The van der Waals surface area contributed by atoms with E-state index in [0.717, 1.165) is 30.2 Å². The Bertz CT molecular complexity index is 596. The number of hydrogen-bond donors (Lipinski definition) is 0. The zero-order valence-corrected chi connectivity index (χ0v) is 10.3. The minimum Gasteiger partial charge on any atom is -0.450 e. The maximum Gasteiger partial charge on any atom is 0.311 e. The van der Waals surface area contributed by atoms with Gasteiger partial charge in [-0.15, -0.1) is 0 Å². The number of ether oxygens (including phenoxy) is 1. The lowest BCUT2D eigenvalue weighted by Gasteiger charge is -2.07. The fourth-order valence-electron chi connectivity index (χ4n) is 1.64. The van der Waals surface area contributed by atoms with Crippen LogP contribution in [0.2, 0.25) is 0 Å². The molecule has 0 N–H and O–H groups in total. The molecule has 0 aliphatic rings. The van der Waals surface area contributed by atoms with E-state index in [-0.39, 0.29) is 11.4 Å². The van der Waals surface area contributed by atoms with Crippen molar-refractivity contribution in [3.63, 3.8) is 0 Å². The molecule has 0 radical (unpaired) electrons. The first-order valence-electron chi connectivity index (χ1n) is 5.81. The normalized spacial score (nSPS) is 10.2. The van der Waals surface area contributed by atoms with Crippen molar-refractivity contribution < 1.29 is 14.1 Å². The molecular formula is C14H12FNO3. The second-order valence-electron chi connectivity index (χ2n) is 3.97. The van der Waals surface area contributed by atoms with Gasteiger partial charge in [0.05, 0.1) is 4.92 Å². The first kappa shape index (κ1) is 13.0. The zero-order chi connectivity index (χ0) is 13.8. The third kappa shape index (κ3) is 3.07. The molecule has 0 saturated carbocycles. The molecule has 0 aromatic heterocycles. The smallest absolute Gasteiger partial charge is 0.311 e. The highest BCUT2D eigenvalue weighted by atomic mass is 19.1. The Balaban J connectivity index is 2.31. The average Bonchev–Trinajstić information content (AvgIpc) is 2.39. The van der Waals surface area contributed by atoms with E-state index in [2.05, 4.69) is 0 Å². The molecule has 0 unspecified atom stereocenters. The highest BCUT2D eigenvalue weighted by Crippen LogP contribution is 2.31. The van der Waals surface area contributed by atoms with Gasteiger partial charge in [0.15, 0.2) is 0 Å². The van der Waals surface area contributed by atoms with Gasteiger partial charge in [0.25, 0.3) is 0 Å². The van der Waals surface area contributed by atoms with Crippen LogP contribution in [-0.2, 0) is 6.42 Å². The molecule has 2 aromatic carbocycles. The van der Waals surface area contributed by atoms with Crippen LogP contribution in [0.15, 0.2) is 42.5 Å². The van der Waals surface area contributed by atoms with Crippen molar-refractivity contribution in [3.8, 4) is 11.5 Å². The summed E-state index contributed by atoms with van der Waals surface area (Å²) in [5.41, 5.74) is 0.863. The molecule has 19 heavy (non-hydrogen) atoms. The largest absolute Gasteiger partial charge is 0.450 e. The van der Waals surface area contributed by atoms with Gasteiger partial charge in [-0.1, -0.05) is 19.1 Å². The topological polar surface area (TPSA) is 52.4 Å². The van der Waals surface area contributed by atoms with E-state index in [4.69, 9.17) is 4.74 Å². The van der Waals surface area contributed by atoms with Crippen LogP contribution in [-0.4, -0.2) is 4.92 Å². The van der Waals surface area contributed by atoms with Gasteiger partial charge in [-0.05, 0) is 30.2 Å². The fraction of sp³-hybridized carbons (Fsp3) is 0.143. The van der Waals surface area contributed by atoms with Crippen LogP contribution >= 0.6 is 0 Å². The first-order chi connectivity index (χ1) is 9.10. The van der Waals surface area contributed by atoms with Crippen LogP contribution in [0.5, 0.6) is 11.5 Å². The minimum atomic E-state index is -0.602. The van der Waals surface area contributed by atoms with Crippen molar-refractivity contribution in [3.05, 3.63) is 64.0 Å². The molecule has 0 aliphatic carbocycles. The zero-order valence-electron chi connectivity index (χ0n) is 10.3. The SMILES string of the molecule is CCc1ccc(Oc2cc(F)ccc2[N+](=O)[O-])cc1. The van der Waals surface area contributed by atoms with Crippen molar-refractivity contribution in [1.29, 1.82) is 0 Å². The number of aryl methyl sites for hydroxylation is 1. The quantitative estimate of drug-likeness (QED) is 0.615. The number of nitro benzene ring substituents is 1. The van der Waals surface area contributed by atoms with Crippen LogP contribution in [0.1, 0.15) is 12.5 Å². The molecule has 0 spiro atoms. The van der Waals surface area contributed by atoms with Gasteiger partial charge in [0.1, 0.15) is 11.6 Å². The Labute approximate surface area is 109 Å². The third-order valence-electron chi connectivity index (χ3n) is 2.68. The highest BCUT2D eigenvalue weighted by Gasteiger charge is 2.16. The maximum absolute atomic E-state index is 13.1. The second-order valence-corrected chi connectivity index (χ2v) is 3.97. The lowest BCUT2D eigenvalue weighted by molar-refractivity contribution is -0.385. The van der Waals surface area contributed by atoms with E-state index in [1.165, 1.54) is 0 Å². The molecular weight excluding hydrogens is 249 g/mol. The predicted molar refractivity (Wildman–Crippen MR) is 68.9 cm³/mol. The van der Waals surface area contributed by atoms with Crippen LogP contribution in [0.3, 0.4) is 0 Å². The Morgan fingerprint density at radius 2 is 1.89 bits per heavy atom. The van der Waals surface area contributed by atoms with E-state index in [9.17, 15) is 14.5 Å². The lowest BCUT2D eigenvalue weighted by Crippen LogP contribution is -1.94. The summed E-state index contributed by atoms with van der Waals surface area (Å²) < 4.78 is 18.5. The summed E-state index contributed by atoms with van der Waals surface area (Å²) in [4.78, 5) is 10.2. The van der Waals surface area contributed by atoms with Gasteiger partial charge in [0.2, 0.25) is 5.75 Å². The highest BCUT2D eigenvalue weighted by molar-refractivity contribution is 5.48. The molecule has 0 saturated heterocycles. The number of benzene rings is 2. The maximum atomic E-state index is 13.1. The van der Waals surface area contributed by atoms with E-state index in [1.54, 1.807) is 12.1 Å². The van der Waals surface area contributed by atoms with Gasteiger partial charge in [-0.2, -0.15) is 0 Å². The summed E-state index contributed by atoms with van der Waals surface area (Å²) in [5, 5.41) is 10.8. The van der Waals surface area contributed by atoms with Crippen molar-refractivity contribution in [2.24, 2.45) is 0 Å². The van der Waals surface area contributed by atoms with Crippen LogP contribution in [0.4, 0.5) is 10.1 Å². The summed E-state index contributed by atoms with van der Waals surface area (Å²) in [6.07, 6.45) is 0.889. The van der Waals surface area contributed by atoms with E-state index < -0.39 is 10.7 Å². The summed E-state index contributed by atoms with van der Waals surface area (Å²) in [6.45, 7) is 2.02. The number of hydrogen-bond acceptors (Lipinski definition) is 3. The number of halogens is 1. The predicted octanol–water partition coefficient (Wildman–Crippen LogP) is 4.09. The van der Waals surface area contributed by atoms with E-state index in [1.807, 2.05) is 19.1 Å². The monoisotopic (exact) mass is 261 g/mol. The van der Waals surface area contributed by atoms with Crippen molar-refractivity contribution in [1.82, 2.24) is 0 Å². The number of nitrogens with zero attached hydrogens (tertiary/aromatic N) is 1. The van der Waals surface area contributed by atoms with E-state index in [0.29, 0.717) is 5.75 Å². The molecule has 4 nitrogen and oxygen atoms in total. The van der Waals surface area contributed by atoms with Crippen LogP contribution in [0.25, 0.3) is 0 Å². The van der Waals surface area contributed by atoms with Gasteiger partial charge >= 0.3 is 5.69 Å². The van der Waals surface area contributed by atoms with E-state index >= 15 is 0 Å². The molecule has 0 bridgehead atoms. The molecule has 2 rings (SSSR count). The number of rotatable bonds is 4. The van der Waals surface area contributed by atoms with Crippen molar-refractivity contribution in [2.75, 3.05) is 0 Å². The molecule has 0 fully saturated rings. The standard InChI is InChI=1S/C14H12FNO3/c1-2-10-3-6-12(7-4-10)19-14-9-11(15)5-8-13(14)16(17)18/h3-9H,2H2,1H3. The fourth-order valence-corrected chi connectivity index (χ4v) is 1.64. The van der Waals surface area contributed by atoms with Crippen LogP contribution < -0.4 is 4.74 Å². The third-order valence-corrected chi connectivity index (χ3v) is 2.68. The lowest BCUT2D eigenvalue weighted by atomic mass is 10.2. The molecule has 0 atom stereocenters. The van der Waals surface area contributed by atoms with Gasteiger partial charge in [-0.3, -0.25) is 10.1 Å². The molecule has 5 heteroatoms. The minimum absolute atomic E-state index is 0.103. The van der Waals surface area contributed by atoms with Crippen molar-refractivity contribution >= 4 is 5.69 Å². The average molecular weight is 261 g/mol. The Kier molecular flexibility index (Phi) is 3.75. The summed E-state index contributed by atoms with van der Waals surface area (Å²) in [7, 11) is 0. The molecule has 2 aromatic rings. The second kappa shape index (κ2) is 5.48. The molecule has 98 valence electrons. The van der Waals surface area contributed by atoms with Gasteiger partial charge < -0.3 is 4.74 Å². The summed E-state index contributed by atoms with van der Waals surface area (Å²) >= 11 is 0.